The van der Waals surface area contributed by atoms with E-state index in [0.29, 0.717) is 6.04 Å². The largest absolute Gasteiger partial charge is 0.443 e. The van der Waals surface area contributed by atoms with E-state index in [1.165, 1.54) is 24.0 Å². The van der Waals surface area contributed by atoms with Crippen molar-refractivity contribution in [3.05, 3.63) is 48.3 Å². The summed E-state index contributed by atoms with van der Waals surface area (Å²) in [7, 11) is 0. The molecule has 0 saturated carbocycles. The minimum absolute atomic E-state index is 0.389. The Bertz CT molecular complexity index is 1050. The molecule has 4 rings (SSSR count). The fraction of sp³-hybridized carbons (Fsp3) is 0.458. The van der Waals surface area contributed by atoms with Crippen LogP contribution in [0.25, 0.3) is 22.2 Å². The lowest BCUT2D eigenvalue weighted by atomic mass is 10.1. The van der Waals surface area contributed by atoms with Crippen molar-refractivity contribution >= 4 is 17.0 Å². The highest BCUT2D eigenvalue weighted by molar-refractivity contribution is 5.86. The third-order valence-electron chi connectivity index (χ3n) is 5.62. The van der Waals surface area contributed by atoms with Gasteiger partial charge in [-0.25, -0.2) is 4.79 Å². The highest BCUT2D eigenvalue weighted by Crippen LogP contribution is 2.25. The van der Waals surface area contributed by atoms with Gasteiger partial charge in [0.1, 0.15) is 5.60 Å². The molecule has 0 unspecified atom stereocenters. The van der Waals surface area contributed by atoms with E-state index in [1.807, 2.05) is 51.1 Å². The van der Waals surface area contributed by atoms with Gasteiger partial charge in [-0.05, 0) is 71.3 Å². The quantitative estimate of drug-likeness (QED) is 0.616. The minimum Gasteiger partial charge on any atom is -0.443 e. The van der Waals surface area contributed by atoms with Crippen molar-refractivity contribution in [3.63, 3.8) is 0 Å². The van der Waals surface area contributed by atoms with Crippen molar-refractivity contribution in [1.29, 1.82) is 0 Å². The second kappa shape index (κ2) is 8.19. The summed E-state index contributed by atoms with van der Waals surface area (Å²) >= 11 is 0. The SMILES string of the molecule is C[C@@H]1CCCN1CCc1cc2ccc(-c3cccn3C(=O)OC(C)(C)C)cc2nn1. The van der Waals surface area contributed by atoms with Gasteiger partial charge in [0.15, 0.2) is 0 Å². The van der Waals surface area contributed by atoms with E-state index in [1.54, 1.807) is 6.20 Å². The number of likely N-dealkylation sites (tertiary alicyclic amines) is 1. The van der Waals surface area contributed by atoms with Crippen LogP contribution < -0.4 is 0 Å². The number of carbonyl (C=O) groups excluding carboxylic acids is 1. The summed E-state index contributed by atoms with van der Waals surface area (Å²) < 4.78 is 7.05. The van der Waals surface area contributed by atoms with Crippen molar-refractivity contribution in [3.8, 4) is 11.3 Å². The maximum absolute atomic E-state index is 12.5. The number of aromatic nitrogens is 3. The third-order valence-corrected chi connectivity index (χ3v) is 5.62. The molecule has 1 aliphatic rings. The van der Waals surface area contributed by atoms with E-state index in [0.717, 1.165) is 40.8 Å². The van der Waals surface area contributed by atoms with Crippen molar-refractivity contribution < 1.29 is 9.53 Å². The van der Waals surface area contributed by atoms with Gasteiger partial charge >= 0.3 is 6.09 Å². The Morgan fingerprint density at radius 3 is 2.77 bits per heavy atom. The van der Waals surface area contributed by atoms with Crippen LogP contribution in [0.5, 0.6) is 0 Å². The van der Waals surface area contributed by atoms with Crippen LogP contribution in [0.1, 0.15) is 46.2 Å². The van der Waals surface area contributed by atoms with Crippen LogP contribution in [0.2, 0.25) is 0 Å². The average molecular weight is 407 g/mol. The minimum atomic E-state index is -0.545. The molecule has 0 amide bonds. The van der Waals surface area contributed by atoms with Gasteiger partial charge in [-0.1, -0.05) is 12.1 Å². The molecule has 158 valence electrons. The topological polar surface area (TPSA) is 60.2 Å². The number of rotatable bonds is 4. The zero-order chi connectivity index (χ0) is 21.3. The van der Waals surface area contributed by atoms with E-state index in [-0.39, 0.29) is 6.09 Å². The second-order valence-corrected chi connectivity index (χ2v) is 9.13. The van der Waals surface area contributed by atoms with Crippen molar-refractivity contribution in [2.45, 2.75) is 58.6 Å². The average Bonchev–Trinajstić information content (AvgIpc) is 3.33. The maximum Gasteiger partial charge on any atom is 0.418 e. The number of ether oxygens (including phenoxy) is 1. The molecule has 6 nitrogen and oxygen atoms in total. The van der Waals surface area contributed by atoms with Gasteiger partial charge in [0.25, 0.3) is 0 Å². The maximum atomic E-state index is 12.5. The number of benzene rings is 1. The molecule has 1 aliphatic heterocycles. The summed E-state index contributed by atoms with van der Waals surface area (Å²) in [6, 6.07) is 12.6. The van der Waals surface area contributed by atoms with E-state index in [4.69, 9.17) is 4.74 Å². The van der Waals surface area contributed by atoms with Crippen LogP contribution >= 0.6 is 0 Å². The highest BCUT2D eigenvalue weighted by Gasteiger charge is 2.21. The Morgan fingerprint density at radius 2 is 2.03 bits per heavy atom. The summed E-state index contributed by atoms with van der Waals surface area (Å²) in [4.78, 5) is 15.1. The molecule has 0 radical (unpaired) electrons. The molecule has 1 saturated heterocycles. The van der Waals surface area contributed by atoms with E-state index >= 15 is 0 Å². The summed E-state index contributed by atoms with van der Waals surface area (Å²) in [5, 5.41) is 9.97. The number of hydrogen-bond donors (Lipinski definition) is 0. The molecule has 0 bridgehead atoms. The van der Waals surface area contributed by atoms with Gasteiger partial charge in [-0.2, -0.15) is 10.2 Å². The van der Waals surface area contributed by atoms with Crippen molar-refractivity contribution in [2.75, 3.05) is 13.1 Å². The molecule has 1 aromatic carbocycles. The van der Waals surface area contributed by atoms with Crippen LogP contribution in [0.4, 0.5) is 4.79 Å². The Morgan fingerprint density at radius 1 is 1.20 bits per heavy atom. The number of nitrogens with zero attached hydrogens (tertiary/aromatic N) is 4. The first-order valence-electron chi connectivity index (χ1n) is 10.7. The number of carbonyl (C=O) groups is 1. The first-order valence-corrected chi connectivity index (χ1v) is 10.7. The fourth-order valence-corrected chi connectivity index (χ4v) is 4.03. The summed E-state index contributed by atoms with van der Waals surface area (Å²) in [6.45, 7) is 10.1. The Kier molecular flexibility index (Phi) is 5.60. The molecule has 0 aliphatic carbocycles. The van der Waals surface area contributed by atoms with E-state index in [9.17, 15) is 4.79 Å². The van der Waals surface area contributed by atoms with Crippen molar-refractivity contribution in [1.82, 2.24) is 19.7 Å². The summed E-state index contributed by atoms with van der Waals surface area (Å²) in [5.74, 6) is 0. The molecule has 1 fully saturated rings. The molecule has 2 aromatic heterocycles. The molecular weight excluding hydrogens is 376 g/mol. The molecule has 1 atom stereocenters. The molecule has 30 heavy (non-hydrogen) atoms. The highest BCUT2D eigenvalue weighted by atomic mass is 16.6. The van der Waals surface area contributed by atoms with Crippen LogP contribution in [0, 0.1) is 0 Å². The molecule has 3 heterocycles. The first kappa shape index (κ1) is 20.5. The second-order valence-electron chi connectivity index (χ2n) is 9.13. The predicted octanol–water partition coefficient (Wildman–Crippen LogP) is 4.91. The normalized spacial score (nSPS) is 17.5. The van der Waals surface area contributed by atoms with E-state index in [2.05, 4.69) is 28.1 Å². The zero-order valence-electron chi connectivity index (χ0n) is 18.3. The summed E-state index contributed by atoms with van der Waals surface area (Å²) in [6.07, 6.45) is 4.83. The standard InChI is InChI=1S/C24H30N4O2/c1-17-7-5-12-27(17)14-11-20-15-18-9-10-19(16-21(18)26-25-20)22-8-6-13-28(22)23(29)30-24(2,3)4/h6,8-10,13,15-17H,5,7,11-12,14H2,1-4H3/t17-/m1/s1. The zero-order valence-corrected chi connectivity index (χ0v) is 18.3. The van der Waals surface area contributed by atoms with Gasteiger partial charge in [0.05, 0.1) is 16.9 Å². The lowest BCUT2D eigenvalue weighted by Gasteiger charge is -2.20. The lowest BCUT2D eigenvalue weighted by Crippen LogP contribution is -2.29. The van der Waals surface area contributed by atoms with Crippen molar-refractivity contribution in [2.24, 2.45) is 0 Å². The number of hydrogen-bond acceptors (Lipinski definition) is 5. The monoisotopic (exact) mass is 406 g/mol. The molecule has 0 spiro atoms. The molecule has 0 N–H and O–H groups in total. The van der Waals surface area contributed by atoms with Gasteiger partial charge in [0, 0.05) is 36.2 Å². The fourth-order valence-electron chi connectivity index (χ4n) is 4.03. The van der Waals surface area contributed by atoms with Crippen LogP contribution in [0.3, 0.4) is 0 Å². The van der Waals surface area contributed by atoms with Crippen LogP contribution in [-0.2, 0) is 11.2 Å². The molecule has 3 aromatic rings. The van der Waals surface area contributed by atoms with Gasteiger partial charge in [0.2, 0.25) is 0 Å². The van der Waals surface area contributed by atoms with Gasteiger partial charge in [-0.3, -0.25) is 4.57 Å². The molecular formula is C24H30N4O2. The van der Waals surface area contributed by atoms with E-state index < -0.39 is 5.60 Å². The van der Waals surface area contributed by atoms with Crippen LogP contribution in [0.15, 0.2) is 42.6 Å². The lowest BCUT2D eigenvalue weighted by molar-refractivity contribution is 0.0540. The predicted molar refractivity (Wildman–Crippen MR) is 119 cm³/mol. The summed E-state index contributed by atoms with van der Waals surface area (Å²) in [5.41, 5.74) is 2.98. The van der Waals surface area contributed by atoms with Gasteiger partial charge < -0.3 is 9.64 Å². The van der Waals surface area contributed by atoms with Gasteiger partial charge in [-0.15, -0.1) is 0 Å². The number of fused-ring (bicyclic) bond motifs is 1. The first-order chi connectivity index (χ1) is 14.3. The molecule has 6 heteroatoms. The Balaban J connectivity index is 1.53. The smallest absolute Gasteiger partial charge is 0.418 e. The van der Waals surface area contributed by atoms with Crippen LogP contribution in [-0.4, -0.2) is 50.5 Å². The Labute approximate surface area is 177 Å². The Hall–Kier alpha value is -2.73. The third kappa shape index (κ3) is 4.54.